The van der Waals surface area contributed by atoms with E-state index in [0.717, 1.165) is 41.1 Å². The molecule has 0 saturated carbocycles. The fourth-order valence-electron chi connectivity index (χ4n) is 4.33. The summed E-state index contributed by atoms with van der Waals surface area (Å²) >= 11 is 0. The number of hydrogen-bond acceptors (Lipinski definition) is 9. The number of benzene rings is 1. The second-order valence-electron chi connectivity index (χ2n) is 8.55. The first-order chi connectivity index (χ1) is 16.5. The van der Waals surface area contributed by atoms with Crippen molar-refractivity contribution in [3.05, 3.63) is 42.7 Å². The molecule has 0 bridgehead atoms. The van der Waals surface area contributed by atoms with Gasteiger partial charge in [0, 0.05) is 69.5 Å². The van der Waals surface area contributed by atoms with E-state index in [4.69, 9.17) is 9.72 Å². The normalized spacial score (nSPS) is 19.9. The van der Waals surface area contributed by atoms with Crippen molar-refractivity contribution in [3.63, 3.8) is 0 Å². The molecule has 0 spiro atoms. The highest BCUT2D eigenvalue weighted by molar-refractivity contribution is 7.88. The molecule has 3 aromatic rings. The van der Waals surface area contributed by atoms with Crippen LogP contribution < -0.4 is 15.5 Å². The SMILES string of the molecule is CS(=O)(=O)N1CCN(c2ccc(-c3cc4nccnc4c(NC[C@@H]4CNCCO4)n3)cc2)CC1. The highest BCUT2D eigenvalue weighted by atomic mass is 32.2. The molecule has 0 amide bonds. The molecule has 4 heterocycles. The monoisotopic (exact) mass is 483 g/mol. The molecular weight excluding hydrogens is 454 g/mol. The van der Waals surface area contributed by atoms with Gasteiger partial charge in [0.1, 0.15) is 5.52 Å². The van der Waals surface area contributed by atoms with E-state index in [1.165, 1.54) is 10.6 Å². The van der Waals surface area contributed by atoms with Crippen LogP contribution in [0.25, 0.3) is 22.3 Å². The summed E-state index contributed by atoms with van der Waals surface area (Å²) in [4.78, 5) is 16.0. The Morgan fingerprint density at radius 3 is 2.59 bits per heavy atom. The zero-order chi connectivity index (χ0) is 23.5. The second kappa shape index (κ2) is 9.79. The van der Waals surface area contributed by atoms with Gasteiger partial charge in [0.15, 0.2) is 5.82 Å². The Morgan fingerprint density at radius 2 is 1.88 bits per heavy atom. The van der Waals surface area contributed by atoms with Crippen molar-refractivity contribution in [1.82, 2.24) is 24.6 Å². The molecular formula is C23H29N7O3S. The molecule has 1 aromatic carbocycles. The van der Waals surface area contributed by atoms with Crippen molar-refractivity contribution in [2.75, 3.05) is 68.9 Å². The van der Waals surface area contributed by atoms with Crippen LogP contribution in [0, 0.1) is 0 Å². The average molecular weight is 484 g/mol. The minimum atomic E-state index is -3.14. The first-order valence-electron chi connectivity index (χ1n) is 11.5. The minimum Gasteiger partial charge on any atom is -0.374 e. The first kappa shape index (κ1) is 22.9. The fourth-order valence-corrected chi connectivity index (χ4v) is 5.15. The van der Waals surface area contributed by atoms with Crippen molar-refractivity contribution in [2.24, 2.45) is 0 Å². The van der Waals surface area contributed by atoms with Crippen molar-refractivity contribution < 1.29 is 13.2 Å². The van der Waals surface area contributed by atoms with Gasteiger partial charge in [-0.05, 0) is 18.2 Å². The summed E-state index contributed by atoms with van der Waals surface area (Å²) in [6.45, 7) is 5.36. The number of morpholine rings is 1. The third kappa shape index (κ3) is 5.12. The maximum absolute atomic E-state index is 11.8. The van der Waals surface area contributed by atoms with Gasteiger partial charge in [-0.2, -0.15) is 4.31 Å². The molecule has 2 N–H and O–H groups in total. The summed E-state index contributed by atoms with van der Waals surface area (Å²) in [6.07, 6.45) is 4.70. The van der Waals surface area contributed by atoms with Gasteiger partial charge < -0.3 is 20.3 Å². The number of hydrogen-bond donors (Lipinski definition) is 2. The maximum Gasteiger partial charge on any atom is 0.211 e. The Hall–Kier alpha value is -2.86. The summed E-state index contributed by atoms with van der Waals surface area (Å²) in [5.41, 5.74) is 4.36. The predicted octanol–water partition coefficient (Wildman–Crippen LogP) is 1.17. The van der Waals surface area contributed by atoms with E-state index in [1.807, 2.05) is 18.2 Å². The van der Waals surface area contributed by atoms with Crippen LogP contribution >= 0.6 is 0 Å². The van der Waals surface area contributed by atoms with Crippen LogP contribution in [-0.2, 0) is 14.8 Å². The summed E-state index contributed by atoms with van der Waals surface area (Å²) < 4.78 is 30.8. The minimum absolute atomic E-state index is 0.0772. The standard InChI is InChI=1S/C23H29N7O3S/c1-34(31,32)30-11-9-29(10-12-30)18-4-2-17(3-5-18)20-14-21-22(26-7-6-25-21)23(28-20)27-16-19-15-24-8-13-33-19/h2-7,14,19,24H,8-13,15-16H2,1H3,(H,27,28)/t19-/m0/s1. The van der Waals surface area contributed by atoms with Crippen LogP contribution in [0.5, 0.6) is 0 Å². The van der Waals surface area contributed by atoms with Gasteiger partial charge in [-0.3, -0.25) is 4.98 Å². The molecule has 180 valence electrons. The van der Waals surface area contributed by atoms with Gasteiger partial charge in [0.05, 0.1) is 30.2 Å². The second-order valence-corrected chi connectivity index (χ2v) is 10.5. The van der Waals surface area contributed by atoms with Gasteiger partial charge in [0.2, 0.25) is 10.0 Å². The molecule has 10 nitrogen and oxygen atoms in total. The number of fused-ring (bicyclic) bond motifs is 1. The average Bonchev–Trinajstić information content (AvgIpc) is 2.87. The van der Waals surface area contributed by atoms with Crippen molar-refractivity contribution in [3.8, 4) is 11.3 Å². The smallest absolute Gasteiger partial charge is 0.211 e. The highest BCUT2D eigenvalue weighted by Crippen LogP contribution is 2.27. The van der Waals surface area contributed by atoms with Gasteiger partial charge in [-0.15, -0.1) is 0 Å². The number of pyridine rings is 1. The first-order valence-corrected chi connectivity index (χ1v) is 13.3. The lowest BCUT2D eigenvalue weighted by molar-refractivity contribution is 0.0372. The van der Waals surface area contributed by atoms with Crippen LogP contribution in [0.3, 0.4) is 0 Å². The third-order valence-electron chi connectivity index (χ3n) is 6.19. The number of sulfonamides is 1. The van der Waals surface area contributed by atoms with E-state index in [9.17, 15) is 8.42 Å². The lowest BCUT2D eigenvalue weighted by atomic mass is 10.1. The summed E-state index contributed by atoms with van der Waals surface area (Å²) in [7, 11) is -3.14. The molecule has 2 saturated heterocycles. The lowest BCUT2D eigenvalue weighted by Crippen LogP contribution is -2.48. The molecule has 11 heteroatoms. The number of anilines is 2. The van der Waals surface area contributed by atoms with Crippen LogP contribution in [0.1, 0.15) is 0 Å². The van der Waals surface area contributed by atoms with Crippen LogP contribution in [0.2, 0.25) is 0 Å². The molecule has 0 unspecified atom stereocenters. The highest BCUT2D eigenvalue weighted by Gasteiger charge is 2.23. The van der Waals surface area contributed by atoms with Crippen LogP contribution in [0.15, 0.2) is 42.7 Å². The maximum atomic E-state index is 11.8. The van der Waals surface area contributed by atoms with Crippen molar-refractivity contribution in [2.45, 2.75) is 6.10 Å². The van der Waals surface area contributed by atoms with Gasteiger partial charge in [-0.25, -0.2) is 18.4 Å². The Bertz CT molecular complexity index is 1240. The molecule has 34 heavy (non-hydrogen) atoms. The predicted molar refractivity (Wildman–Crippen MR) is 132 cm³/mol. The summed E-state index contributed by atoms with van der Waals surface area (Å²) in [6, 6.07) is 10.2. The molecule has 0 radical (unpaired) electrons. The Kier molecular flexibility index (Phi) is 6.59. The number of aromatic nitrogens is 3. The zero-order valence-electron chi connectivity index (χ0n) is 19.1. The number of piperazine rings is 1. The molecule has 2 aliphatic heterocycles. The number of ether oxygens (including phenoxy) is 1. The fraction of sp³-hybridized carbons (Fsp3) is 0.435. The Labute approximate surface area is 199 Å². The molecule has 1 atom stereocenters. The van der Waals surface area contributed by atoms with E-state index in [2.05, 4.69) is 37.6 Å². The lowest BCUT2D eigenvalue weighted by Gasteiger charge is -2.34. The zero-order valence-corrected chi connectivity index (χ0v) is 20.0. The van der Waals surface area contributed by atoms with E-state index < -0.39 is 10.0 Å². The van der Waals surface area contributed by atoms with Crippen molar-refractivity contribution >= 4 is 32.6 Å². The largest absolute Gasteiger partial charge is 0.374 e. The van der Waals surface area contributed by atoms with Gasteiger partial charge in [0.25, 0.3) is 0 Å². The summed E-state index contributed by atoms with van der Waals surface area (Å²) in [5.74, 6) is 0.691. The van der Waals surface area contributed by atoms with Gasteiger partial charge in [-0.1, -0.05) is 12.1 Å². The van der Waals surface area contributed by atoms with E-state index >= 15 is 0 Å². The molecule has 2 aliphatic rings. The summed E-state index contributed by atoms with van der Waals surface area (Å²) in [5, 5.41) is 6.74. The van der Waals surface area contributed by atoms with E-state index in [-0.39, 0.29) is 6.10 Å². The molecule has 0 aliphatic carbocycles. The van der Waals surface area contributed by atoms with E-state index in [0.29, 0.717) is 45.1 Å². The van der Waals surface area contributed by atoms with Gasteiger partial charge >= 0.3 is 0 Å². The van der Waals surface area contributed by atoms with Crippen LogP contribution in [0.4, 0.5) is 11.5 Å². The Balaban J connectivity index is 1.34. The van der Waals surface area contributed by atoms with E-state index in [1.54, 1.807) is 12.4 Å². The van der Waals surface area contributed by atoms with Crippen LogP contribution in [-0.4, -0.2) is 92.5 Å². The number of nitrogens with one attached hydrogen (secondary N) is 2. The quantitative estimate of drug-likeness (QED) is 0.534. The topological polar surface area (TPSA) is 113 Å². The molecule has 2 aromatic heterocycles. The molecule has 2 fully saturated rings. The third-order valence-corrected chi connectivity index (χ3v) is 7.50. The Morgan fingerprint density at radius 1 is 1.12 bits per heavy atom. The molecule has 5 rings (SSSR count). The number of rotatable bonds is 6. The van der Waals surface area contributed by atoms with Crippen molar-refractivity contribution in [1.29, 1.82) is 0 Å². The number of nitrogens with zero attached hydrogens (tertiary/aromatic N) is 5.